The zero-order valence-electron chi connectivity index (χ0n) is 9.66. The summed E-state index contributed by atoms with van der Waals surface area (Å²) >= 11 is 1.17. The molecule has 4 N–H and O–H groups in total. The van der Waals surface area contributed by atoms with Crippen molar-refractivity contribution in [1.29, 1.82) is 0 Å². The monoisotopic (exact) mass is 224 g/mol. The van der Waals surface area contributed by atoms with Gasteiger partial charge in [0.2, 0.25) is 0 Å². The van der Waals surface area contributed by atoms with Crippen molar-refractivity contribution in [2.24, 2.45) is 10.9 Å². The van der Waals surface area contributed by atoms with Crippen LogP contribution in [0.5, 0.6) is 0 Å². The molecule has 0 bridgehead atoms. The number of hydrogen-bond donors (Lipinski definition) is 2. The van der Waals surface area contributed by atoms with Crippen LogP contribution < -0.4 is 10.9 Å². The smallest absolute Gasteiger partial charge is 0.0452 e. The minimum absolute atomic E-state index is 0.905. The second-order valence-corrected chi connectivity index (χ2v) is 3.37. The van der Waals surface area contributed by atoms with Crippen LogP contribution in [-0.4, -0.2) is 0 Å². The van der Waals surface area contributed by atoms with Crippen LogP contribution in [0.15, 0.2) is 30.5 Å². The fourth-order valence-corrected chi connectivity index (χ4v) is 1.46. The summed E-state index contributed by atoms with van der Waals surface area (Å²) in [6.45, 7) is 6.13. The number of hydrogen-bond acceptors (Lipinski definition) is 3. The van der Waals surface area contributed by atoms with E-state index in [1.165, 1.54) is 23.7 Å². The lowest BCUT2D eigenvalue weighted by molar-refractivity contribution is 1.14. The fourth-order valence-electron chi connectivity index (χ4n) is 1.11. The lowest BCUT2D eigenvalue weighted by Crippen LogP contribution is -1.90. The first kappa shape index (κ1) is 14.1. The normalized spacial score (nSPS) is 10.5. The predicted octanol–water partition coefficient (Wildman–Crippen LogP) is 3.14. The van der Waals surface area contributed by atoms with Crippen LogP contribution in [0, 0.1) is 0 Å². The summed E-state index contributed by atoms with van der Waals surface area (Å²) in [5.74, 6) is 0. The number of benzene rings is 1. The van der Waals surface area contributed by atoms with E-state index in [9.17, 15) is 0 Å². The first-order valence-corrected chi connectivity index (χ1v) is 6.07. The summed E-state index contributed by atoms with van der Waals surface area (Å²) in [6.07, 6.45) is 2.59. The summed E-state index contributed by atoms with van der Waals surface area (Å²) in [7, 11) is 0. The minimum Gasteiger partial charge on any atom is -0.404 e. The molecule has 84 valence electrons. The van der Waals surface area contributed by atoms with E-state index in [4.69, 9.17) is 10.9 Å². The molecule has 1 rings (SSSR count). The molecule has 0 amide bonds. The molecule has 15 heavy (non-hydrogen) atoms. The van der Waals surface area contributed by atoms with Gasteiger partial charge in [0.25, 0.3) is 0 Å². The highest BCUT2D eigenvalue weighted by Crippen LogP contribution is 2.21. The van der Waals surface area contributed by atoms with Crippen LogP contribution >= 0.6 is 11.9 Å². The van der Waals surface area contributed by atoms with Crippen molar-refractivity contribution in [2.45, 2.75) is 27.2 Å². The van der Waals surface area contributed by atoms with Gasteiger partial charge in [-0.15, -0.1) is 0 Å². The van der Waals surface area contributed by atoms with E-state index in [1.807, 2.05) is 26.0 Å². The van der Waals surface area contributed by atoms with E-state index in [0.717, 1.165) is 16.9 Å². The van der Waals surface area contributed by atoms with Crippen LogP contribution in [0.3, 0.4) is 0 Å². The van der Waals surface area contributed by atoms with Crippen molar-refractivity contribution in [2.75, 3.05) is 0 Å². The van der Waals surface area contributed by atoms with Crippen LogP contribution in [-0.2, 0) is 6.42 Å². The molecule has 0 heterocycles. The van der Waals surface area contributed by atoms with Gasteiger partial charge in [-0.25, -0.2) is 0 Å². The predicted molar refractivity (Wildman–Crippen MR) is 71.1 cm³/mol. The maximum atomic E-state index is 5.45. The third kappa shape index (κ3) is 4.40. The Kier molecular flexibility index (Phi) is 7.86. The molecule has 1 aromatic rings. The van der Waals surface area contributed by atoms with Gasteiger partial charge in [-0.3, -0.25) is 5.14 Å². The Labute approximate surface area is 96.9 Å². The first-order chi connectivity index (χ1) is 7.31. The zero-order valence-corrected chi connectivity index (χ0v) is 10.5. The standard InChI is InChI=1S/C10H14N2S.C2H6/c1-2-8-3-5-9(6-4-8)10(7-11)13-12;1-2/h3-7H,2,11-12H2,1H3;1-2H3/b10-7-;. The van der Waals surface area contributed by atoms with E-state index in [0.29, 0.717) is 0 Å². The summed E-state index contributed by atoms with van der Waals surface area (Å²) in [5, 5.41) is 5.45. The number of rotatable bonds is 3. The molecule has 0 unspecified atom stereocenters. The topological polar surface area (TPSA) is 52.0 Å². The van der Waals surface area contributed by atoms with Gasteiger partial charge in [-0.1, -0.05) is 45.0 Å². The Hall–Kier alpha value is -0.930. The maximum Gasteiger partial charge on any atom is 0.0452 e. The molecule has 0 spiro atoms. The third-order valence-electron chi connectivity index (χ3n) is 1.93. The van der Waals surface area contributed by atoms with Crippen LogP contribution in [0.4, 0.5) is 0 Å². The zero-order chi connectivity index (χ0) is 11.7. The summed E-state index contributed by atoms with van der Waals surface area (Å²) in [4.78, 5) is 0.905. The van der Waals surface area contributed by atoms with Gasteiger partial charge in [-0.2, -0.15) is 0 Å². The summed E-state index contributed by atoms with van der Waals surface area (Å²) in [5.41, 5.74) is 7.82. The van der Waals surface area contributed by atoms with Gasteiger partial charge in [0.15, 0.2) is 0 Å². The van der Waals surface area contributed by atoms with Gasteiger partial charge in [0, 0.05) is 11.1 Å². The molecule has 0 aromatic heterocycles. The SMILES string of the molecule is CC.CCc1ccc(/C(=C/N)SN)cc1. The van der Waals surface area contributed by atoms with Crippen molar-refractivity contribution in [3.8, 4) is 0 Å². The van der Waals surface area contributed by atoms with E-state index in [-0.39, 0.29) is 0 Å². The largest absolute Gasteiger partial charge is 0.404 e. The molecule has 0 fully saturated rings. The Bertz CT molecular complexity index is 291. The van der Waals surface area contributed by atoms with E-state index < -0.39 is 0 Å². The second-order valence-electron chi connectivity index (χ2n) is 2.70. The van der Waals surface area contributed by atoms with E-state index in [1.54, 1.807) is 0 Å². The van der Waals surface area contributed by atoms with E-state index >= 15 is 0 Å². The quantitative estimate of drug-likeness (QED) is 0.776. The molecule has 3 heteroatoms. The maximum absolute atomic E-state index is 5.45. The molecule has 0 radical (unpaired) electrons. The van der Waals surface area contributed by atoms with E-state index in [2.05, 4.69) is 19.1 Å². The van der Waals surface area contributed by atoms with Crippen molar-refractivity contribution in [3.63, 3.8) is 0 Å². The van der Waals surface area contributed by atoms with Crippen molar-refractivity contribution in [1.82, 2.24) is 0 Å². The van der Waals surface area contributed by atoms with Crippen LogP contribution in [0.25, 0.3) is 4.91 Å². The van der Waals surface area contributed by atoms with Crippen molar-refractivity contribution < 1.29 is 0 Å². The molecule has 0 atom stereocenters. The first-order valence-electron chi connectivity index (χ1n) is 5.19. The van der Waals surface area contributed by atoms with Gasteiger partial charge in [0.1, 0.15) is 0 Å². The summed E-state index contributed by atoms with van der Waals surface area (Å²) < 4.78 is 0. The molecule has 1 aromatic carbocycles. The highest BCUT2D eigenvalue weighted by Gasteiger charge is 1.98. The van der Waals surface area contributed by atoms with Gasteiger partial charge < -0.3 is 5.73 Å². The Balaban J connectivity index is 0.000000921. The second kappa shape index (κ2) is 8.38. The Morgan fingerprint density at radius 2 is 1.80 bits per heavy atom. The average molecular weight is 224 g/mol. The average Bonchev–Trinajstić information content (AvgIpc) is 2.34. The fraction of sp³-hybridized carbons (Fsp3) is 0.333. The van der Waals surface area contributed by atoms with Crippen molar-refractivity contribution in [3.05, 3.63) is 41.6 Å². The molecule has 0 saturated heterocycles. The Morgan fingerprint density at radius 1 is 1.27 bits per heavy atom. The molecule has 0 aliphatic carbocycles. The Morgan fingerprint density at radius 3 is 2.13 bits per heavy atom. The molecule has 2 nitrogen and oxygen atoms in total. The lowest BCUT2D eigenvalue weighted by atomic mass is 10.1. The molecular formula is C12H20N2S. The summed E-state index contributed by atoms with van der Waals surface area (Å²) in [6, 6.07) is 8.26. The van der Waals surface area contributed by atoms with Gasteiger partial charge in [-0.05, 0) is 29.5 Å². The van der Waals surface area contributed by atoms with Crippen LogP contribution in [0.2, 0.25) is 0 Å². The molecule has 0 saturated carbocycles. The third-order valence-corrected chi connectivity index (χ3v) is 2.55. The highest BCUT2D eigenvalue weighted by atomic mass is 32.2. The van der Waals surface area contributed by atoms with Crippen molar-refractivity contribution >= 4 is 16.9 Å². The van der Waals surface area contributed by atoms with Gasteiger partial charge in [0.05, 0.1) is 0 Å². The number of aryl methyl sites for hydroxylation is 1. The highest BCUT2D eigenvalue weighted by molar-refractivity contribution is 8.06. The number of nitrogens with two attached hydrogens (primary N) is 2. The molecule has 0 aliphatic heterocycles. The lowest BCUT2D eigenvalue weighted by Gasteiger charge is -2.03. The molecule has 0 aliphatic rings. The van der Waals surface area contributed by atoms with Gasteiger partial charge >= 0.3 is 0 Å². The minimum atomic E-state index is 0.905. The molecular weight excluding hydrogens is 204 g/mol. The van der Waals surface area contributed by atoms with Crippen LogP contribution in [0.1, 0.15) is 31.9 Å².